The van der Waals surface area contributed by atoms with Crippen molar-refractivity contribution in [3.05, 3.63) is 23.3 Å². The van der Waals surface area contributed by atoms with Crippen LogP contribution in [0.2, 0.25) is 0 Å². The van der Waals surface area contributed by atoms with Gasteiger partial charge in [-0.2, -0.15) is 0 Å². The molecule has 1 aromatic rings. The second kappa shape index (κ2) is 6.98. The number of amides is 1. The molecule has 1 aliphatic heterocycles. The Morgan fingerprint density at radius 3 is 2.90 bits per heavy atom. The minimum Gasteiger partial charge on any atom is -0.354 e. The second-order valence-electron chi connectivity index (χ2n) is 6.17. The molecule has 0 spiro atoms. The number of hydrogen-bond donors (Lipinski definition) is 1. The van der Waals surface area contributed by atoms with Crippen LogP contribution in [0.5, 0.6) is 0 Å². The molecule has 1 aromatic heterocycles. The Kier molecular flexibility index (Phi) is 5.28. The van der Waals surface area contributed by atoms with Crippen LogP contribution in [0.25, 0.3) is 0 Å². The molecule has 0 bridgehead atoms. The molecule has 0 radical (unpaired) electrons. The number of nitrogens with one attached hydrogen (secondary N) is 1. The van der Waals surface area contributed by atoms with Crippen LogP contribution in [0.4, 0.5) is 0 Å². The van der Waals surface area contributed by atoms with Crippen molar-refractivity contribution in [2.24, 2.45) is 5.92 Å². The van der Waals surface area contributed by atoms with Gasteiger partial charge in [0.05, 0.1) is 0 Å². The van der Waals surface area contributed by atoms with E-state index < -0.39 is 0 Å². The summed E-state index contributed by atoms with van der Waals surface area (Å²) in [7, 11) is 1.63. The predicted octanol–water partition coefficient (Wildman–Crippen LogP) is 1.81. The third-order valence-corrected chi connectivity index (χ3v) is 4.13. The predicted molar refractivity (Wildman–Crippen MR) is 83.3 cm³/mol. The Bertz CT molecular complexity index is 501. The standard InChI is InChI=1S/C16H26N4O/c1-11(2)20-7-5-6-13(10-20)8-14-9-15(16(21)17-4)19-12(3)18-14/h9,11,13H,5-8,10H2,1-4H3,(H,17,21). The Morgan fingerprint density at radius 2 is 2.24 bits per heavy atom. The Labute approximate surface area is 127 Å². The molecule has 1 atom stereocenters. The number of carbonyl (C=O) groups is 1. The number of aryl methyl sites for hydroxylation is 1. The van der Waals surface area contributed by atoms with Gasteiger partial charge in [-0.05, 0) is 58.6 Å². The van der Waals surface area contributed by atoms with Gasteiger partial charge in [-0.15, -0.1) is 0 Å². The third kappa shape index (κ3) is 4.24. The molecule has 0 aliphatic carbocycles. The lowest BCUT2D eigenvalue weighted by molar-refractivity contribution is 0.0957. The molecule has 1 N–H and O–H groups in total. The van der Waals surface area contributed by atoms with Gasteiger partial charge in [-0.3, -0.25) is 4.79 Å². The normalized spacial score (nSPS) is 19.8. The molecular weight excluding hydrogens is 264 g/mol. The Balaban J connectivity index is 2.08. The fraction of sp³-hybridized carbons (Fsp3) is 0.688. The van der Waals surface area contributed by atoms with E-state index >= 15 is 0 Å². The van der Waals surface area contributed by atoms with Crippen LogP contribution in [-0.4, -0.2) is 47.0 Å². The first kappa shape index (κ1) is 15.9. The number of piperidine rings is 1. The van der Waals surface area contributed by atoms with Crippen molar-refractivity contribution in [3.8, 4) is 0 Å². The highest BCUT2D eigenvalue weighted by molar-refractivity contribution is 5.92. The number of nitrogens with zero attached hydrogens (tertiary/aromatic N) is 3. The Hall–Kier alpha value is -1.49. The molecule has 1 unspecified atom stereocenters. The molecule has 0 saturated carbocycles. The maximum Gasteiger partial charge on any atom is 0.269 e. The lowest BCUT2D eigenvalue weighted by Crippen LogP contribution is -2.40. The number of carbonyl (C=O) groups excluding carboxylic acids is 1. The summed E-state index contributed by atoms with van der Waals surface area (Å²) in [5.74, 6) is 1.14. The van der Waals surface area contributed by atoms with Crippen molar-refractivity contribution < 1.29 is 4.79 Å². The van der Waals surface area contributed by atoms with Crippen LogP contribution in [-0.2, 0) is 6.42 Å². The van der Waals surface area contributed by atoms with Crippen molar-refractivity contribution in [1.29, 1.82) is 0 Å². The van der Waals surface area contributed by atoms with Crippen LogP contribution < -0.4 is 5.32 Å². The highest BCUT2D eigenvalue weighted by atomic mass is 16.1. The molecule has 1 amide bonds. The Morgan fingerprint density at radius 1 is 1.48 bits per heavy atom. The molecule has 1 saturated heterocycles. The highest BCUT2D eigenvalue weighted by Crippen LogP contribution is 2.21. The van der Waals surface area contributed by atoms with Crippen molar-refractivity contribution in [2.75, 3.05) is 20.1 Å². The minimum atomic E-state index is -0.144. The van der Waals surface area contributed by atoms with Gasteiger partial charge in [-0.1, -0.05) is 0 Å². The zero-order chi connectivity index (χ0) is 15.4. The molecule has 1 fully saturated rings. The van der Waals surface area contributed by atoms with E-state index in [0.29, 0.717) is 23.5 Å². The summed E-state index contributed by atoms with van der Waals surface area (Å²) in [6.45, 7) is 8.66. The molecule has 5 nitrogen and oxygen atoms in total. The zero-order valence-corrected chi connectivity index (χ0v) is 13.5. The van der Waals surface area contributed by atoms with E-state index in [1.165, 1.54) is 19.4 Å². The largest absolute Gasteiger partial charge is 0.354 e. The monoisotopic (exact) mass is 290 g/mol. The number of rotatable bonds is 4. The summed E-state index contributed by atoms with van der Waals surface area (Å²) < 4.78 is 0. The summed E-state index contributed by atoms with van der Waals surface area (Å²) in [5.41, 5.74) is 1.45. The van der Waals surface area contributed by atoms with E-state index in [0.717, 1.165) is 18.7 Å². The maximum absolute atomic E-state index is 11.7. The van der Waals surface area contributed by atoms with Crippen LogP contribution in [0.15, 0.2) is 6.07 Å². The van der Waals surface area contributed by atoms with E-state index in [1.807, 2.05) is 13.0 Å². The van der Waals surface area contributed by atoms with Gasteiger partial charge in [-0.25, -0.2) is 9.97 Å². The highest BCUT2D eigenvalue weighted by Gasteiger charge is 2.22. The van der Waals surface area contributed by atoms with Gasteiger partial charge in [0, 0.05) is 25.3 Å². The van der Waals surface area contributed by atoms with Gasteiger partial charge in [0.25, 0.3) is 5.91 Å². The van der Waals surface area contributed by atoms with Crippen LogP contribution in [0.1, 0.15) is 48.7 Å². The van der Waals surface area contributed by atoms with Gasteiger partial charge < -0.3 is 10.2 Å². The van der Waals surface area contributed by atoms with Crippen molar-refractivity contribution in [3.63, 3.8) is 0 Å². The smallest absolute Gasteiger partial charge is 0.269 e. The fourth-order valence-corrected chi connectivity index (χ4v) is 3.01. The summed E-state index contributed by atoms with van der Waals surface area (Å²) >= 11 is 0. The molecule has 5 heteroatoms. The van der Waals surface area contributed by atoms with E-state index in [2.05, 4.69) is 34.0 Å². The molecule has 1 aliphatic rings. The quantitative estimate of drug-likeness (QED) is 0.919. The van der Waals surface area contributed by atoms with E-state index in [4.69, 9.17) is 0 Å². The summed E-state index contributed by atoms with van der Waals surface area (Å²) in [6.07, 6.45) is 3.41. The minimum absolute atomic E-state index is 0.144. The molecule has 116 valence electrons. The zero-order valence-electron chi connectivity index (χ0n) is 13.5. The topological polar surface area (TPSA) is 58.1 Å². The second-order valence-corrected chi connectivity index (χ2v) is 6.17. The van der Waals surface area contributed by atoms with E-state index in [1.54, 1.807) is 7.05 Å². The summed E-state index contributed by atoms with van der Waals surface area (Å²) in [6, 6.07) is 2.43. The molecule has 0 aromatic carbocycles. The molecule has 2 rings (SSSR count). The average Bonchev–Trinajstić information content (AvgIpc) is 2.46. The average molecular weight is 290 g/mol. The lowest BCUT2D eigenvalue weighted by Gasteiger charge is -2.35. The maximum atomic E-state index is 11.7. The van der Waals surface area contributed by atoms with Gasteiger partial charge in [0.2, 0.25) is 0 Å². The summed E-state index contributed by atoms with van der Waals surface area (Å²) in [4.78, 5) is 23.0. The first-order valence-electron chi connectivity index (χ1n) is 7.80. The van der Waals surface area contributed by atoms with Crippen LogP contribution in [0.3, 0.4) is 0 Å². The van der Waals surface area contributed by atoms with Crippen molar-refractivity contribution in [1.82, 2.24) is 20.2 Å². The van der Waals surface area contributed by atoms with E-state index in [9.17, 15) is 4.79 Å². The van der Waals surface area contributed by atoms with Gasteiger partial charge in [0.1, 0.15) is 11.5 Å². The van der Waals surface area contributed by atoms with Crippen LogP contribution >= 0.6 is 0 Å². The number of likely N-dealkylation sites (tertiary alicyclic amines) is 1. The van der Waals surface area contributed by atoms with E-state index in [-0.39, 0.29) is 5.91 Å². The van der Waals surface area contributed by atoms with Crippen molar-refractivity contribution >= 4 is 5.91 Å². The lowest BCUT2D eigenvalue weighted by atomic mass is 9.92. The molecular formula is C16H26N4O. The molecule has 21 heavy (non-hydrogen) atoms. The number of hydrogen-bond acceptors (Lipinski definition) is 4. The molecule has 2 heterocycles. The first-order chi connectivity index (χ1) is 9.99. The van der Waals surface area contributed by atoms with Crippen LogP contribution in [0, 0.1) is 12.8 Å². The first-order valence-corrected chi connectivity index (χ1v) is 7.80. The van der Waals surface area contributed by atoms with Crippen molar-refractivity contribution in [2.45, 2.75) is 46.1 Å². The SMILES string of the molecule is CNC(=O)c1cc(CC2CCCN(C(C)C)C2)nc(C)n1. The third-order valence-electron chi connectivity index (χ3n) is 4.13. The fourth-order valence-electron chi connectivity index (χ4n) is 3.01. The summed E-state index contributed by atoms with van der Waals surface area (Å²) in [5, 5.41) is 2.62. The van der Waals surface area contributed by atoms with Gasteiger partial charge in [0.15, 0.2) is 0 Å². The van der Waals surface area contributed by atoms with Gasteiger partial charge >= 0.3 is 0 Å². The number of aromatic nitrogens is 2.